The second kappa shape index (κ2) is 6.67. The Hall–Kier alpha value is -0.000000000000000167. The van der Waals surface area contributed by atoms with Crippen LogP contribution >= 0.6 is 47.2 Å². The smallest absolute Gasteiger partial charge is 0.155 e. The Morgan fingerprint density at radius 3 is 2.81 bits per heavy atom. The van der Waals surface area contributed by atoms with Crippen LogP contribution in [-0.4, -0.2) is 10.1 Å². The maximum atomic E-state index is 6.02. The Labute approximate surface area is 115 Å². The summed E-state index contributed by atoms with van der Waals surface area (Å²) in [5, 5.41) is 2.51. The number of hydrazine groups is 1. The maximum absolute atomic E-state index is 6.02. The predicted octanol–water partition coefficient (Wildman–Crippen LogP) is 4.10. The van der Waals surface area contributed by atoms with Gasteiger partial charge in [0.2, 0.25) is 0 Å². The van der Waals surface area contributed by atoms with Crippen LogP contribution in [0.1, 0.15) is 13.3 Å². The molecule has 1 aromatic rings. The minimum absolute atomic E-state index is 0.534. The number of nitrogens with zero attached hydrogens (tertiary/aromatic N) is 1. The lowest BCUT2D eigenvalue weighted by Crippen LogP contribution is -2.34. The molecular formula is C10H12Cl2N2S2. The Morgan fingerprint density at radius 1 is 1.50 bits per heavy atom. The van der Waals surface area contributed by atoms with E-state index in [1.807, 2.05) is 0 Å². The van der Waals surface area contributed by atoms with Crippen LogP contribution < -0.4 is 10.9 Å². The average molecular weight is 295 g/mol. The predicted molar refractivity (Wildman–Crippen MR) is 78.5 cm³/mol. The highest BCUT2D eigenvalue weighted by molar-refractivity contribution is 8.23. The number of anilines is 1. The van der Waals surface area contributed by atoms with Gasteiger partial charge in [0.05, 0.1) is 10.7 Å². The van der Waals surface area contributed by atoms with E-state index in [4.69, 9.17) is 41.3 Å². The Balaban J connectivity index is 2.82. The molecule has 0 spiro atoms. The molecule has 0 saturated heterocycles. The fourth-order valence-corrected chi connectivity index (χ4v) is 2.37. The highest BCUT2D eigenvalue weighted by atomic mass is 35.5. The van der Waals surface area contributed by atoms with Crippen molar-refractivity contribution in [2.45, 2.75) is 13.3 Å². The average Bonchev–Trinajstić information content (AvgIpc) is 2.28. The number of benzene rings is 1. The van der Waals surface area contributed by atoms with Crippen LogP contribution in [0.25, 0.3) is 0 Å². The van der Waals surface area contributed by atoms with Crippen molar-refractivity contribution >= 4 is 57.2 Å². The summed E-state index contributed by atoms with van der Waals surface area (Å²) in [5.74, 6) is 6.81. The van der Waals surface area contributed by atoms with Crippen molar-refractivity contribution in [1.29, 1.82) is 0 Å². The van der Waals surface area contributed by atoms with Gasteiger partial charge in [0.25, 0.3) is 0 Å². The molecule has 2 N–H and O–H groups in total. The summed E-state index contributed by atoms with van der Waals surface area (Å²) in [6.07, 6.45) is 1.04. The first-order valence-electron chi connectivity index (χ1n) is 4.73. The first kappa shape index (κ1) is 14.1. The zero-order valence-electron chi connectivity index (χ0n) is 8.74. The second-order valence-electron chi connectivity index (χ2n) is 3.08. The van der Waals surface area contributed by atoms with Crippen molar-refractivity contribution in [3.05, 3.63) is 28.2 Å². The normalized spacial score (nSPS) is 10.2. The van der Waals surface area contributed by atoms with E-state index in [0.29, 0.717) is 20.1 Å². The van der Waals surface area contributed by atoms with Gasteiger partial charge in [-0.1, -0.05) is 54.1 Å². The monoisotopic (exact) mass is 294 g/mol. The van der Waals surface area contributed by atoms with Crippen LogP contribution in [0.3, 0.4) is 0 Å². The number of nitrogens with two attached hydrogens (primary N) is 1. The molecule has 0 unspecified atom stereocenters. The number of hydrogen-bond donors (Lipinski definition) is 1. The zero-order valence-corrected chi connectivity index (χ0v) is 11.9. The maximum Gasteiger partial charge on any atom is 0.155 e. The van der Waals surface area contributed by atoms with Gasteiger partial charge in [0.1, 0.15) is 0 Å². The van der Waals surface area contributed by atoms with Crippen LogP contribution in [-0.2, 0) is 0 Å². The Bertz CT molecular complexity index is 385. The van der Waals surface area contributed by atoms with Crippen molar-refractivity contribution in [1.82, 2.24) is 0 Å². The lowest BCUT2D eigenvalue weighted by Gasteiger charge is -2.20. The number of thiocarbonyl (C=S) groups is 1. The first-order valence-corrected chi connectivity index (χ1v) is 6.88. The molecular weight excluding hydrogens is 283 g/mol. The molecule has 0 heterocycles. The number of rotatable bonds is 3. The minimum atomic E-state index is 0.534. The second-order valence-corrected chi connectivity index (χ2v) is 5.65. The SMILES string of the molecule is CCCSC(=S)N(N)c1cc(Cl)ccc1Cl. The summed E-state index contributed by atoms with van der Waals surface area (Å²) in [6, 6.07) is 5.11. The van der Waals surface area contributed by atoms with Crippen LogP contribution in [0.2, 0.25) is 10.0 Å². The summed E-state index contributed by atoms with van der Waals surface area (Å²) in [4.78, 5) is 0. The standard InChI is InChI=1S/C10H12Cl2N2S2/c1-2-5-16-10(15)14(13)9-6-7(11)3-4-8(9)12/h3-4,6H,2,5,13H2,1H3. The van der Waals surface area contributed by atoms with E-state index in [9.17, 15) is 0 Å². The van der Waals surface area contributed by atoms with Crippen LogP contribution in [0, 0.1) is 0 Å². The highest BCUT2D eigenvalue weighted by Gasteiger charge is 2.12. The molecule has 16 heavy (non-hydrogen) atoms. The summed E-state index contributed by atoms with van der Waals surface area (Å²) in [5.41, 5.74) is 0.628. The van der Waals surface area contributed by atoms with Gasteiger partial charge in [-0.15, -0.1) is 0 Å². The van der Waals surface area contributed by atoms with Gasteiger partial charge in [-0.05, 0) is 24.6 Å². The van der Waals surface area contributed by atoms with Gasteiger partial charge in [-0.25, -0.2) is 5.84 Å². The topological polar surface area (TPSA) is 29.3 Å². The zero-order chi connectivity index (χ0) is 12.1. The van der Waals surface area contributed by atoms with Crippen molar-refractivity contribution in [2.24, 2.45) is 5.84 Å². The molecule has 0 bridgehead atoms. The summed E-state index contributed by atoms with van der Waals surface area (Å²) < 4.78 is 0.589. The van der Waals surface area contributed by atoms with Crippen molar-refractivity contribution in [2.75, 3.05) is 10.8 Å². The highest BCUT2D eigenvalue weighted by Crippen LogP contribution is 2.29. The molecule has 0 saturated carbocycles. The van der Waals surface area contributed by atoms with Crippen LogP contribution in [0.4, 0.5) is 5.69 Å². The molecule has 0 aliphatic carbocycles. The van der Waals surface area contributed by atoms with Gasteiger partial charge >= 0.3 is 0 Å². The van der Waals surface area contributed by atoms with E-state index in [0.717, 1.165) is 12.2 Å². The van der Waals surface area contributed by atoms with Crippen molar-refractivity contribution in [3.8, 4) is 0 Å². The minimum Gasteiger partial charge on any atom is -0.262 e. The quantitative estimate of drug-likeness (QED) is 0.516. The first-order chi connectivity index (χ1) is 7.56. The van der Waals surface area contributed by atoms with Gasteiger partial charge in [-0.3, -0.25) is 5.01 Å². The third-order valence-corrected chi connectivity index (χ3v) is 3.96. The van der Waals surface area contributed by atoms with Gasteiger partial charge in [0.15, 0.2) is 4.32 Å². The molecule has 6 heteroatoms. The Kier molecular flexibility index (Phi) is 5.86. The molecule has 0 atom stereocenters. The van der Waals surface area contributed by atoms with E-state index in [1.165, 1.54) is 16.8 Å². The van der Waals surface area contributed by atoms with Gasteiger partial charge < -0.3 is 0 Å². The van der Waals surface area contributed by atoms with Crippen molar-refractivity contribution < 1.29 is 0 Å². The molecule has 0 radical (unpaired) electrons. The number of halogens is 2. The van der Waals surface area contributed by atoms with Gasteiger partial charge in [-0.2, -0.15) is 0 Å². The van der Waals surface area contributed by atoms with Gasteiger partial charge in [0, 0.05) is 10.8 Å². The third-order valence-electron chi connectivity index (χ3n) is 1.79. The fraction of sp³-hybridized carbons (Fsp3) is 0.300. The Morgan fingerprint density at radius 2 is 2.19 bits per heavy atom. The molecule has 0 aromatic heterocycles. The largest absolute Gasteiger partial charge is 0.262 e. The molecule has 88 valence electrons. The van der Waals surface area contributed by atoms with E-state index < -0.39 is 0 Å². The number of thioether (sulfide) groups is 1. The third kappa shape index (κ3) is 3.79. The molecule has 2 nitrogen and oxygen atoms in total. The van der Waals surface area contributed by atoms with Crippen LogP contribution in [0.15, 0.2) is 18.2 Å². The van der Waals surface area contributed by atoms with Crippen molar-refractivity contribution in [3.63, 3.8) is 0 Å². The van der Waals surface area contributed by atoms with E-state index in [2.05, 4.69) is 6.92 Å². The summed E-state index contributed by atoms with van der Waals surface area (Å²) in [7, 11) is 0. The van der Waals surface area contributed by atoms with Crippen LogP contribution in [0.5, 0.6) is 0 Å². The molecule has 1 rings (SSSR count). The summed E-state index contributed by atoms with van der Waals surface area (Å²) in [6.45, 7) is 2.09. The lowest BCUT2D eigenvalue weighted by atomic mass is 10.3. The fourth-order valence-electron chi connectivity index (χ4n) is 1.03. The molecule has 0 amide bonds. The van der Waals surface area contributed by atoms with E-state index in [-0.39, 0.29) is 0 Å². The molecule has 0 fully saturated rings. The summed E-state index contributed by atoms with van der Waals surface area (Å²) >= 11 is 18.6. The molecule has 1 aromatic carbocycles. The van der Waals surface area contributed by atoms with E-state index in [1.54, 1.807) is 18.2 Å². The molecule has 0 aliphatic rings. The van der Waals surface area contributed by atoms with E-state index >= 15 is 0 Å². The lowest BCUT2D eigenvalue weighted by molar-refractivity contribution is 1.11. The number of hydrogen-bond acceptors (Lipinski definition) is 3. The molecule has 0 aliphatic heterocycles.